The maximum Gasteiger partial charge on any atom is 0.137 e. The molecule has 106 valence electrons. The molecule has 0 radical (unpaired) electrons. The van der Waals surface area contributed by atoms with Crippen molar-refractivity contribution in [2.24, 2.45) is 17.6 Å². The number of ether oxygens (including phenoxy) is 1. The Kier molecular flexibility index (Phi) is 4.71. The summed E-state index contributed by atoms with van der Waals surface area (Å²) in [6.45, 7) is 4.01. The Labute approximate surface area is 120 Å². The van der Waals surface area contributed by atoms with Crippen LogP contribution < -0.4 is 10.5 Å². The lowest BCUT2D eigenvalue weighted by atomic mass is 10.0. The predicted molar refractivity (Wildman–Crippen MR) is 79.7 cm³/mol. The molecule has 0 aromatic heterocycles. The summed E-state index contributed by atoms with van der Waals surface area (Å²) in [6, 6.07) is 6.14. The van der Waals surface area contributed by atoms with Crippen LogP contribution in [0.15, 0.2) is 18.2 Å². The van der Waals surface area contributed by atoms with Gasteiger partial charge in [0.05, 0.1) is 12.1 Å². The van der Waals surface area contributed by atoms with E-state index in [1.165, 1.54) is 6.42 Å². The lowest BCUT2D eigenvalue weighted by Crippen LogP contribution is -2.32. The number of rotatable bonds is 6. The zero-order chi connectivity index (χ0) is 14.0. The molecule has 19 heavy (non-hydrogen) atoms. The molecule has 0 spiro atoms. The number of hydrogen-bond donors (Lipinski definition) is 1. The maximum atomic E-state index is 6.19. The van der Waals surface area contributed by atoms with Gasteiger partial charge in [-0.1, -0.05) is 24.6 Å². The molecule has 1 saturated carbocycles. The van der Waals surface area contributed by atoms with Crippen LogP contribution in [0.4, 0.5) is 0 Å². The van der Waals surface area contributed by atoms with Crippen molar-refractivity contribution in [3.63, 3.8) is 0 Å². The van der Waals surface area contributed by atoms with Crippen molar-refractivity contribution < 1.29 is 4.74 Å². The third kappa shape index (κ3) is 3.41. The minimum absolute atomic E-state index is 0.219. The Morgan fingerprint density at radius 2 is 2.21 bits per heavy atom. The highest BCUT2D eigenvalue weighted by Crippen LogP contribution is 2.39. The molecular formula is C15H23ClN2O. The van der Waals surface area contributed by atoms with Gasteiger partial charge >= 0.3 is 0 Å². The number of methoxy groups -OCH3 is 1. The van der Waals surface area contributed by atoms with Crippen LogP contribution >= 0.6 is 11.6 Å². The maximum absolute atomic E-state index is 6.19. The normalized spacial score (nSPS) is 23.5. The molecule has 0 amide bonds. The van der Waals surface area contributed by atoms with Crippen LogP contribution in [-0.4, -0.2) is 32.1 Å². The molecule has 0 saturated heterocycles. The zero-order valence-corrected chi connectivity index (χ0v) is 12.7. The van der Waals surface area contributed by atoms with E-state index >= 15 is 0 Å². The number of nitrogens with two attached hydrogens (primary N) is 1. The number of likely N-dealkylation sites (N-methyl/N-ethyl adjacent to an activating group) is 1. The molecule has 3 atom stereocenters. The van der Waals surface area contributed by atoms with E-state index in [0.29, 0.717) is 17.3 Å². The highest BCUT2D eigenvalue weighted by atomic mass is 35.5. The van der Waals surface area contributed by atoms with Gasteiger partial charge in [0, 0.05) is 19.1 Å². The first-order chi connectivity index (χ1) is 9.06. The minimum Gasteiger partial charge on any atom is -0.495 e. The van der Waals surface area contributed by atoms with Crippen molar-refractivity contribution in [1.29, 1.82) is 0 Å². The Bertz CT molecular complexity index is 438. The molecule has 2 N–H and O–H groups in total. The highest BCUT2D eigenvalue weighted by Gasteiger charge is 2.34. The molecule has 1 aliphatic rings. The van der Waals surface area contributed by atoms with E-state index in [4.69, 9.17) is 22.1 Å². The SMILES string of the molecule is COc1ccc(C(CN)N(C)CC2CC2C)cc1Cl. The van der Waals surface area contributed by atoms with E-state index in [1.807, 2.05) is 12.1 Å². The summed E-state index contributed by atoms with van der Waals surface area (Å²) in [5, 5.41) is 0.645. The second-order valence-corrected chi connectivity index (χ2v) is 5.97. The quantitative estimate of drug-likeness (QED) is 0.872. The van der Waals surface area contributed by atoms with Gasteiger partial charge in [-0.05, 0) is 43.0 Å². The summed E-state index contributed by atoms with van der Waals surface area (Å²) < 4.78 is 5.19. The monoisotopic (exact) mass is 282 g/mol. The molecule has 4 heteroatoms. The van der Waals surface area contributed by atoms with Crippen molar-refractivity contribution in [2.75, 3.05) is 27.2 Å². The molecule has 3 nitrogen and oxygen atoms in total. The fourth-order valence-corrected chi connectivity index (χ4v) is 2.88. The van der Waals surface area contributed by atoms with Crippen LogP contribution in [0.2, 0.25) is 5.02 Å². The summed E-state index contributed by atoms with van der Waals surface area (Å²) in [7, 11) is 3.77. The summed E-state index contributed by atoms with van der Waals surface area (Å²) in [5.74, 6) is 2.40. The van der Waals surface area contributed by atoms with Crippen LogP contribution in [0, 0.1) is 11.8 Å². The molecule has 1 aromatic carbocycles. The van der Waals surface area contributed by atoms with E-state index in [1.54, 1.807) is 7.11 Å². The van der Waals surface area contributed by atoms with E-state index < -0.39 is 0 Å². The largest absolute Gasteiger partial charge is 0.495 e. The van der Waals surface area contributed by atoms with Crippen LogP contribution in [0.25, 0.3) is 0 Å². The predicted octanol–water partition coefficient (Wildman–Crippen LogP) is 2.94. The van der Waals surface area contributed by atoms with Crippen molar-refractivity contribution in [1.82, 2.24) is 4.90 Å². The zero-order valence-electron chi connectivity index (χ0n) is 11.9. The standard InChI is InChI=1S/C15H23ClN2O/c1-10-6-12(10)9-18(2)14(8-17)11-4-5-15(19-3)13(16)7-11/h4-5,7,10,12,14H,6,8-9,17H2,1-3H3. The fourth-order valence-electron chi connectivity index (χ4n) is 2.61. The van der Waals surface area contributed by atoms with Crippen LogP contribution in [0.3, 0.4) is 0 Å². The van der Waals surface area contributed by atoms with Crippen LogP contribution in [-0.2, 0) is 0 Å². The first kappa shape index (κ1) is 14.6. The van der Waals surface area contributed by atoms with Crippen molar-refractivity contribution in [3.05, 3.63) is 28.8 Å². The molecule has 2 rings (SSSR count). The Morgan fingerprint density at radius 3 is 2.68 bits per heavy atom. The third-order valence-corrected chi connectivity index (χ3v) is 4.41. The van der Waals surface area contributed by atoms with Gasteiger partial charge in [-0.2, -0.15) is 0 Å². The first-order valence-corrected chi connectivity index (χ1v) is 7.18. The molecule has 1 aromatic rings. The van der Waals surface area contributed by atoms with Crippen molar-refractivity contribution in [3.8, 4) is 5.75 Å². The number of hydrogen-bond acceptors (Lipinski definition) is 3. The van der Waals surface area contributed by atoms with Crippen LogP contribution in [0.1, 0.15) is 24.9 Å². The molecule has 3 unspecified atom stereocenters. The van der Waals surface area contributed by atoms with Gasteiger partial charge < -0.3 is 10.5 Å². The fraction of sp³-hybridized carbons (Fsp3) is 0.600. The van der Waals surface area contributed by atoms with Gasteiger partial charge in [0.15, 0.2) is 0 Å². The molecule has 1 aliphatic carbocycles. The minimum atomic E-state index is 0.219. The smallest absolute Gasteiger partial charge is 0.137 e. The molecular weight excluding hydrogens is 260 g/mol. The highest BCUT2D eigenvalue weighted by molar-refractivity contribution is 6.32. The average molecular weight is 283 g/mol. The Hall–Kier alpha value is -0.770. The van der Waals surface area contributed by atoms with E-state index in [0.717, 1.165) is 23.9 Å². The average Bonchev–Trinajstić information content (AvgIpc) is 3.06. The molecule has 0 bridgehead atoms. The lowest BCUT2D eigenvalue weighted by molar-refractivity contribution is 0.237. The van der Waals surface area contributed by atoms with Gasteiger partial charge in [-0.15, -0.1) is 0 Å². The van der Waals surface area contributed by atoms with Gasteiger partial charge in [-0.25, -0.2) is 0 Å². The van der Waals surface area contributed by atoms with Crippen molar-refractivity contribution >= 4 is 11.6 Å². The topological polar surface area (TPSA) is 38.5 Å². The number of halogens is 1. The second-order valence-electron chi connectivity index (χ2n) is 5.56. The van der Waals surface area contributed by atoms with Crippen LogP contribution in [0.5, 0.6) is 5.75 Å². The summed E-state index contributed by atoms with van der Waals surface area (Å²) >= 11 is 6.19. The summed E-state index contributed by atoms with van der Waals surface area (Å²) in [6.07, 6.45) is 1.34. The van der Waals surface area contributed by atoms with Gasteiger partial charge in [0.25, 0.3) is 0 Å². The van der Waals surface area contributed by atoms with E-state index in [9.17, 15) is 0 Å². The second kappa shape index (κ2) is 6.12. The number of nitrogens with zero attached hydrogens (tertiary/aromatic N) is 1. The van der Waals surface area contributed by atoms with Crippen molar-refractivity contribution in [2.45, 2.75) is 19.4 Å². The Balaban J connectivity index is 2.09. The summed E-state index contributed by atoms with van der Waals surface area (Å²) in [4.78, 5) is 2.34. The molecule has 0 aliphatic heterocycles. The molecule has 1 fully saturated rings. The molecule has 0 heterocycles. The van der Waals surface area contributed by atoms with Gasteiger partial charge in [-0.3, -0.25) is 4.90 Å². The Morgan fingerprint density at radius 1 is 1.53 bits per heavy atom. The van der Waals surface area contributed by atoms with Gasteiger partial charge in [0.1, 0.15) is 5.75 Å². The van der Waals surface area contributed by atoms with Gasteiger partial charge in [0.2, 0.25) is 0 Å². The third-order valence-electron chi connectivity index (χ3n) is 4.11. The number of benzene rings is 1. The summed E-state index contributed by atoms with van der Waals surface area (Å²) in [5.41, 5.74) is 7.10. The van der Waals surface area contributed by atoms with E-state index in [-0.39, 0.29) is 6.04 Å². The first-order valence-electron chi connectivity index (χ1n) is 6.80. The lowest BCUT2D eigenvalue weighted by Gasteiger charge is -2.27. The van der Waals surface area contributed by atoms with E-state index in [2.05, 4.69) is 24.9 Å².